The molecule has 0 spiro atoms. The fraction of sp³-hybridized carbons (Fsp3) is 0.529. The second-order valence-electron chi connectivity index (χ2n) is 5.00. The zero-order chi connectivity index (χ0) is 15.6. The van der Waals surface area contributed by atoms with Crippen molar-refractivity contribution in [3.8, 4) is 11.8 Å². The van der Waals surface area contributed by atoms with Crippen LogP contribution in [0.25, 0.3) is 0 Å². The lowest BCUT2D eigenvalue weighted by atomic mass is 9.94. The van der Waals surface area contributed by atoms with Gasteiger partial charge < -0.3 is 5.32 Å². The number of halogens is 1. The molecule has 1 rings (SSSR count). The molecule has 1 aliphatic rings. The predicted molar refractivity (Wildman–Crippen MR) is 85.0 cm³/mol. The third kappa shape index (κ3) is 5.95. The summed E-state index contributed by atoms with van der Waals surface area (Å²) >= 11 is 0. The molecule has 0 heterocycles. The summed E-state index contributed by atoms with van der Waals surface area (Å²) in [6.07, 6.45) is 10.6. The number of alkyl halides is 1. The number of hydrogen-bond donors (Lipinski definition) is 1. The van der Waals surface area contributed by atoms with Crippen molar-refractivity contribution in [2.75, 3.05) is 13.6 Å². The monoisotopic (exact) mass is 290 g/mol. The number of aliphatic imine (C=N–C) groups is 1. The molecule has 1 N–H and O–H groups in total. The van der Waals surface area contributed by atoms with Crippen LogP contribution in [-0.4, -0.2) is 31.4 Å². The number of allylic oxidation sites excluding steroid dienone is 2. The zero-order valence-electron chi connectivity index (χ0n) is 12.8. The van der Waals surface area contributed by atoms with Crippen LogP contribution in [0.4, 0.5) is 4.39 Å². The van der Waals surface area contributed by atoms with Gasteiger partial charge in [-0.25, -0.2) is 4.39 Å². The van der Waals surface area contributed by atoms with Gasteiger partial charge >= 0.3 is 0 Å². The molecule has 0 bridgehead atoms. The largest absolute Gasteiger partial charge is 0.348 e. The topological polar surface area (TPSA) is 41.5 Å². The molecule has 0 aliphatic heterocycles. The van der Waals surface area contributed by atoms with Crippen molar-refractivity contribution in [1.29, 1.82) is 0 Å². The normalized spacial score (nSPS) is 23.5. The number of carbonyl (C=O) groups excluding carboxylic acids is 1. The van der Waals surface area contributed by atoms with E-state index < -0.39 is 11.6 Å². The van der Waals surface area contributed by atoms with E-state index in [1.807, 2.05) is 19.1 Å². The molecular weight excluding hydrogens is 267 g/mol. The van der Waals surface area contributed by atoms with Crippen LogP contribution >= 0.6 is 0 Å². The van der Waals surface area contributed by atoms with Crippen LogP contribution in [-0.2, 0) is 4.79 Å². The molecule has 0 fully saturated rings. The van der Waals surface area contributed by atoms with Gasteiger partial charge in [0.1, 0.15) is 0 Å². The van der Waals surface area contributed by atoms with Gasteiger partial charge in [-0.05, 0) is 31.4 Å². The number of carbonyl (C=O) groups is 1. The van der Waals surface area contributed by atoms with Crippen molar-refractivity contribution < 1.29 is 9.18 Å². The van der Waals surface area contributed by atoms with Gasteiger partial charge in [-0.15, -0.1) is 0 Å². The first-order valence-electron chi connectivity index (χ1n) is 7.33. The Kier molecular flexibility index (Phi) is 7.45. The van der Waals surface area contributed by atoms with E-state index in [0.29, 0.717) is 12.8 Å². The van der Waals surface area contributed by atoms with Crippen LogP contribution in [0.15, 0.2) is 28.8 Å². The molecule has 3 nitrogen and oxygen atoms in total. The first-order valence-corrected chi connectivity index (χ1v) is 7.33. The first kappa shape index (κ1) is 17.2. The molecule has 0 aromatic carbocycles. The molecule has 1 amide bonds. The average molecular weight is 290 g/mol. The van der Waals surface area contributed by atoms with Crippen molar-refractivity contribution in [3.05, 3.63) is 23.8 Å². The highest BCUT2D eigenvalue weighted by Gasteiger charge is 2.36. The summed E-state index contributed by atoms with van der Waals surface area (Å²) < 4.78 is 14.6. The summed E-state index contributed by atoms with van der Waals surface area (Å²) in [7, 11) is 1.67. The maximum absolute atomic E-state index is 14.6. The fourth-order valence-electron chi connectivity index (χ4n) is 2.07. The van der Waals surface area contributed by atoms with Crippen molar-refractivity contribution >= 4 is 12.1 Å². The molecule has 1 aliphatic carbocycles. The zero-order valence-corrected chi connectivity index (χ0v) is 12.8. The van der Waals surface area contributed by atoms with E-state index in [1.54, 1.807) is 19.3 Å². The minimum absolute atomic E-state index is 0.172. The van der Waals surface area contributed by atoms with Gasteiger partial charge in [0.2, 0.25) is 5.67 Å². The summed E-state index contributed by atoms with van der Waals surface area (Å²) in [5.41, 5.74) is -1.20. The number of amides is 1. The molecule has 0 saturated carbocycles. The molecule has 0 aromatic rings. The van der Waals surface area contributed by atoms with Crippen LogP contribution in [0.1, 0.15) is 39.0 Å². The third-order valence-corrected chi connectivity index (χ3v) is 3.24. The molecule has 1 atom stereocenters. The van der Waals surface area contributed by atoms with Gasteiger partial charge in [-0.3, -0.25) is 9.79 Å². The van der Waals surface area contributed by atoms with Gasteiger partial charge in [-0.2, -0.15) is 0 Å². The lowest BCUT2D eigenvalue weighted by molar-refractivity contribution is -0.129. The van der Waals surface area contributed by atoms with Crippen LogP contribution in [0.2, 0.25) is 0 Å². The molecule has 0 saturated heterocycles. The van der Waals surface area contributed by atoms with Crippen LogP contribution in [0, 0.1) is 11.8 Å². The molecular formula is C17H23FN2O. The van der Waals surface area contributed by atoms with Gasteiger partial charge in [0.15, 0.2) is 0 Å². The summed E-state index contributed by atoms with van der Waals surface area (Å²) in [6.45, 7) is 2.15. The van der Waals surface area contributed by atoms with E-state index in [-0.39, 0.29) is 13.0 Å². The number of hydrogen-bond acceptors (Lipinski definition) is 2. The Labute approximate surface area is 126 Å². The number of rotatable bonds is 5. The van der Waals surface area contributed by atoms with Gasteiger partial charge in [0.25, 0.3) is 5.91 Å². The highest BCUT2D eigenvalue weighted by molar-refractivity contribution is 5.89. The number of nitrogens with zero attached hydrogens (tertiary/aromatic N) is 1. The smallest absolute Gasteiger partial charge is 0.270 e. The van der Waals surface area contributed by atoms with Crippen LogP contribution < -0.4 is 5.32 Å². The maximum Gasteiger partial charge on any atom is 0.270 e. The summed E-state index contributed by atoms with van der Waals surface area (Å²) in [5.74, 6) is 4.64. The molecule has 0 aromatic heterocycles. The van der Waals surface area contributed by atoms with Gasteiger partial charge in [0.05, 0.1) is 0 Å². The van der Waals surface area contributed by atoms with Gasteiger partial charge in [0, 0.05) is 32.6 Å². The van der Waals surface area contributed by atoms with Crippen molar-refractivity contribution in [2.24, 2.45) is 4.99 Å². The second-order valence-corrected chi connectivity index (χ2v) is 5.00. The third-order valence-electron chi connectivity index (χ3n) is 3.24. The molecule has 0 radical (unpaired) electrons. The molecule has 4 heteroatoms. The van der Waals surface area contributed by atoms with E-state index in [2.05, 4.69) is 22.2 Å². The van der Waals surface area contributed by atoms with E-state index in [9.17, 15) is 9.18 Å². The maximum atomic E-state index is 14.6. The van der Waals surface area contributed by atoms with E-state index >= 15 is 0 Å². The Hall–Kier alpha value is -1.89. The standard InChI is InChI=1S/C17H23FN2O/c1-3-9-15(10-13-19-2)14-20-16(21)17(18)11-7-5-4-6-8-12-17/h3,9-10,13H,4-7,11,14H2,1-2H3,(H,20,21)/b9-3-,15-10+,19-13+. The van der Waals surface area contributed by atoms with Crippen molar-refractivity contribution in [2.45, 2.75) is 44.7 Å². The Balaban J connectivity index is 2.70. The predicted octanol–water partition coefficient (Wildman–Crippen LogP) is 2.98. The quantitative estimate of drug-likeness (QED) is 0.472. The second kappa shape index (κ2) is 9.12. The SMILES string of the molecule is C\C=C/C(=C\C=N\C)CNC(=O)C1(F)C#CCCCCC1. The lowest BCUT2D eigenvalue weighted by Crippen LogP contribution is -2.43. The van der Waals surface area contributed by atoms with Crippen LogP contribution in [0.3, 0.4) is 0 Å². The van der Waals surface area contributed by atoms with E-state index in [1.165, 1.54) is 0 Å². The molecule has 1 unspecified atom stereocenters. The first-order chi connectivity index (χ1) is 10.1. The molecule has 114 valence electrons. The van der Waals surface area contributed by atoms with E-state index in [0.717, 1.165) is 18.4 Å². The average Bonchev–Trinajstić information content (AvgIpc) is 2.45. The van der Waals surface area contributed by atoms with Gasteiger partial charge in [-0.1, -0.05) is 30.4 Å². The molecule has 21 heavy (non-hydrogen) atoms. The lowest BCUT2D eigenvalue weighted by Gasteiger charge is -2.20. The van der Waals surface area contributed by atoms with E-state index in [4.69, 9.17) is 0 Å². The Morgan fingerprint density at radius 2 is 2.24 bits per heavy atom. The minimum Gasteiger partial charge on any atom is -0.348 e. The Morgan fingerprint density at radius 1 is 1.43 bits per heavy atom. The van der Waals surface area contributed by atoms with Crippen molar-refractivity contribution in [1.82, 2.24) is 5.32 Å². The highest BCUT2D eigenvalue weighted by Crippen LogP contribution is 2.22. The fourth-order valence-corrected chi connectivity index (χ4v) is 2.07. The van der Waals surface area contributed by atoms with Crippen molar-refractivity contribution in [3.63, 3.8) is 0 Å². The Morgan fingerprint density at radius 3 is 2.95 bits per heavy atom. The Bertz CT molecular complexity index is 497. The number of nitrogens with one attached hydrogen (secondary N) is 1. The summed E-state index contributed by atoms with van der Waals surface area (Å²) in [4.78, 5) is 16.0. The minimum atomic E-state index is -2.06. The summed E-state index contributed by atoms with van der Waals surface area (Å²) in [5, 5.41) is 2.64. The highest BCUT2D eigenvalue weighted by atomic mass is 19.1. The van der Waals surface area contributed by atoms with Crippen LogP contribution in [0.5, 0.6) is 0 Å². The summed E-state index contributed by atoms with van der Waals surface area (Å²) in [6, 6.07) is 0.